The molecule has 17 heavy (non-hydrogen) atoms. The zero-order valence-electron chi connectivity index (χ0n) is 8.91. The van der Waals surface area contributed by atoms with E-state index in [0.29, 0.717) is 5.56 Å². The van der Waals surface area contributed by atoms with Crippen molar-refractivity contribution >= 4 is 34.9 Å². The van der Waals surface area contributed by atoms with Gasteiger partial charge in [-0.1, -0.05) is 23.2 Å². The zero-order chi connectivity index (χ0) is 13.0. The molecule has 0 N–H and O–H groups in total. The lowest BCUT2D eigenvalue weighted by molar-refractivity contribution is -0.384. The highest BCUT2D eigenvalue weighted by Gasteiger charge is 2.17. The summed E-state index contributed by atoms with van der Waals surface area (Å²) in [6.45, 7) is 1.94. The summed E-state index contributed by atoms with van der Waals surface area (Å²) in [4.78, 5) is 21.2. The Morgan fingerprint density at radius 1 is 1.41 bits per heavy atom. The lowest BCUT2D eigenvalue weighted by atomic mass is 10.1. The predicted molar refractivity (Wildman–Crippen MR) is 63.5 cm³/mol. The van der Waals surface area contributed by atoms with Gasteiger partial charge in [0.25, 0.3) is 5.69 Å². The van der Waals surface area contributed by atoms with Gasteiger partial charge in [-0.15, -0.1) is 0 Å². The molecule has 0 spiro atoms. The maximum absolute atomic E-state index is 11.2. The third-order valence-corrected chi connectivity index (χ3v) is 2.61. The largest absolute Gasteiger partial charge is 0.466 e. The second kappa shape index (κ2) is 5.84. The number of nitrogens with zero attached hydrogens (tertiary/aromatic N) is 1. The number of hydrogen-bond donors (Lipinski definition) is 0. The normalized spacial score (nSPS) is 10.1. The molecular formula is C10H9Cl2NO4. The predicted octanol–water partition coefficient (Wildman–Crippen LogP) is 3.01. The van der Waals surface area contributed by atoms with Gasteiger partial charge in [-0.05, 0) is 18.6 Å². The molecule has 0 amide bonds. The Kier molecular flexibility index (Phi) is 4.72. The molecule has 0 atom stereocenters. The Morgan fingerprint density at radius 3 is 2.59 bits per heavy atom. The van der Waals surface area contributed by atoms with Gasteiger partial charge in [0.2, 0.25) is 0 Å². The second-order valence-corrected chi connectivity index (χ2v) is 3.95. The first-order valence-electron chi connectivity index (χ1n) is 4.73. The molecule has 0 fully saturated rings. The van der Waals surface area contributed by atoms with E-state index < -0.39 is 10.9 Å². The molecule has 0 aliphatic rings. The average molecular weight is 278 g/mol. The van der Waals surface area contributed by atoms with Crippen molar-refractivity contribution in [1.82, 2.24) is 0 Å². The smallest absolute Gasteiger partial charge is 0.310 e. The van der Waals surface area contributed by atoms with Crippen LogP contribution in [0.4, 0.5) is 5.69 Å². The summed E-state index contributed by atoms with van der Waals surface area (Å²) in [7, 11) is 0. The van der Waals surface area contributed by atoms with Crippen molar-refractivity contribution in [3.63, 3.8) is 0 Å². The molecule has 1 aromatic rings. The average Bonchev–Trinajstić information content (AvgIpc) is 2.22. The van der Waals surface area contributed by atoms with Crippen LogP contribution in [0.25, 0.3) is 0 Å². The summed E-state index contributed by atoms with van der Waals surface area (Å²) in [6, 6.07) is 2.43. The fourth-order valence-corrected chi connectivity index (χ4v) is 1.70. The van der Waals surface area contributed by atoms with Crippen LogP contribution < -0.4 is 0 Å². The highest BCUT2D eigenvalue weighted by atomic mass is 35.5. The molecule has 0 aliphatic carbocycles. The van der Waals surface area contributed by atoms with Gasteiger partial charge < -0.3 is 4.74 Å². The van der Waals surface area contributed by atoms with Crippen LogP contribution in [0.2, 0.25) is 10.0 Å². The Balaban J connectivity index is 2.99. The summed E-state index contributed by atoms with van der Waals surface area (Å²) in [6.07, 6.45) is -0.0651. The van der Waals surface area contributed by atoms with Crippen molar-refractivity contribution in [1.29, 1.82) is 0 Å². The van der Waals surface area contributed by atoms with E-state index in [1.165, 1.54) is 6.07 Å². The van der Waals surface area contributed by atoms with Crippen LogP contribution in [0.5, 0.6) is 0 Å². The van der Waals surface area contributed by atoms with E-state index in [1.807, 2.05) is 0 Å². The molecule has 0 heterocycles. The molecule has 0 bridgehead atoms. The Hall–Kier alpha value is -1.33. The monoisotopic (exact) mass is 277 g/mol. The maximum atomic E-state index is 11.2. The minimum absolute atomic E-state index is 0.0568. The van der Waals surface area contributed by atoms with Crippen LogP contribution in [-0.2, 0) is 16.0 Å². The van der Waals surface area contributed by atoms with Crippen LogP contribution in [-0.4, -0.2) is 17.5 Å². The van der Waals surface area contributed by atoms with Crippen molar-refractivity contribution in [2.45, 2.75) is 13.3 Å². The SMILES string of the molecule is CCOC(=O)Cc1cc(Cl)c([N+](=O)[O-])cc1Cl. The van der Waals surface area contributed by atoms with Crippen molar-refractivity contribution in [2.24, 2.45) is 0 Å². The second-order valence-electron chi connectivity index (χ2n) is 3.13. The number of ether oxygens (including phenoxy) is 1. The molecule has 1 rings (SSSR count). The number of esters is 1. The van der Waals surface area contributed by atoms with E-state index in [2.05, 4.69) is 0 Å². The molecule has 0 saturated heterocycles. The van der Waals surface area contributed by atoms with Gasteiger partial charge in [-0.2, -0.15) is 0 Å². The molecule has 0 unspecified atom stereocenters. The third kappa shape index (κ3) is 3.57. The minimum Gasteiger partial charge on any atom is -0.466 e. The van der Waals surface area contributed by atoms with Crippen molar-refractivity contribution in [2.75, 3.05) is 6.61 Å². The first kappa shape index (κ1) is 13.7. The van der Waals surface area contributed by atoms with Gasteiger partial charge in [0.1, 0.15) is 5.02 Å². The maximum Gasteiger partial charge on any atom is 0.310 e. The summed E-state index contributed by atoms with van der Waals surface area (Å²) < 4.78 is 4.74. The first-order valence-corrected chi connectivity index (χ1v) is 5.49. The highest BCUT2D eigenvalue weighted by molar-refractivity contribution is 6.35. The Morgan fingerprint density at radius 2 is 2.06 bits per heavy atom. The molecule has 5 nitrogen and oxygen atoms in total. The molecule has 0 aromatic heterocycles. The zero-order valence-corrected chi connectivity index (χ0v) is 10.4. The number of hydrogen-bond acceptors (Lipinski definition) is 4. The molecule has 92 valence electrons. The Bertz CT molecular complexity index is 462. The van der Waals surface area contributed by atoms with E-state index in [1.54, 1.807) is 6.92 Å². The molecule has 0 aliphatic heterocycles. The van der Waals surface area contributed by atoms with E-state index >= 15 is 0 Å². The number of carbonyl (C=O) groups is 1. The topological polar surface area (TPSA) is 69.4 Å². The quantitative estimate of drug-likeness (QED) is 0.482. The number of benzene rings is 1. The highest BCUT2D eigenvalue weighted by Crippen LogP contribution is 2.31. The van der Waals surface area contributed by atoms with Crippen LogP contribution in [0.3, 0.4) is 0 Å². The number of halogens is 2. The van der Waals surface area contributed by atoms with Gasteiger partial charge in [-0.25, -0.2) is 0 Å². The minimum atomic E-state index is -0.637. The summed E-state index contributed by atoms with van der Waals surface area (Å²) in [5.74, 6) is -0.459. The van der Waals surface area contributed by atoms with Gasteiger partial charge >= 0.3 is 5.97 Å². The van der Waals surface area contributed by atoms with Crippen LogP contribution in [0, 0.1) is 10.1 Å². The standard InChI is InChI=1S/C10H9Cl2NO4/c1-2-17-10(14)4-6-3-8(12)9(13(15)16)5-7(6)11/h3,5H,2,4H2,1H3. The number of nitro groups is 1. The lowest BCUT2D eigenvalue weighted by Gasteiger charge is -2.05. The molecule has 0 radical (unpaired) electrons. The first-order chi connectivity index (χ1) is 7.95. The number of nitro benzene ring substituents is 1. The number of carbonyl (C=O) groups excluding carboxylic acids is 1. The molecule has 7 heteroatoms. The van der Waals surface area contributed by atoms with Crippen molar-refractivity contribution in [3.05, 3.63) is 37.9 Å². The summed E-state index contributed by atoms with van der Waals surface area (Å²) >= 11 is 11.5. The van der Waals surface area contributed by atoms with Crippen LogP contribution >= 0.6 is 23.2 Å². The summed E-state index contributed by atoms with van der Waals surface area (Å²) in [5, 5.41) is 10.6. The fourth-order valence-electron chi connectivity index (χ4n) is 1.22. The molecule has 1 aromatic carbocycles. The van der Waals surface area contributed by atoms with Crippen LogP contribution in [0.1, 0.15) is 12.5 Å². The molecular weight excluding hydrogens is 269 g/mol. The van der Waals surface area contributed by atoms with E-state index in [4.69, 9.17) is 27.9 Å². The van der Waals surface area contributed by atoms with E-state index in [-0.39, 0.29) is 28.8 Å². The fraction of sp³-hybridized carbons (Fsp3) is 0.300. The van der Waals surface area contributed by atoms with Crippen molar-refractivity contribution in [3.8, 4) is 0 Å². The van der Waals surface area contributed by atoms with Gasteiger partial charge in [0.05, 0.1) is 23.0 Å². The molecule has 0 saturated carbocycles. The van der Waals surface area contributed by atoms with Crippen LogP contribution in [0.15, 0.2) is 12.1 Å². The van der Waals surface area contributed by atoms with Gasteiger partial charge in [-0.3, -0.25) is 14.9 Å². The number of rotatable bonds is 4. The van der Waals surface area contributed by atoms with E-state index in [0.717, 1.165) is 6.07 Å². The third-order valence-electron chi connectivity index (χ3n) is 1.95. The Labute approximate surface area is 107 Å². The lowest BCUT2D eigenvalue weighted by Crippen LogP contribution is -2.08. The summed E-state index contributed by atoms with van der Waals surface area (Å²) in [5.41, 5.74) is 0.116. The van der Waals surface area contributed by atoms with E-state index in [9.17, 15) is 14.9 Å². The van der Waals surface area contributed by atoms with Crippen molar-refractivity contribution < 1.29 is 14.5 Å². The van der Waals surface area contributed by atoms with Gasteiger partial charge in [0.15, 0.2) is 0 Å². The van der Waals surface area contributed by atoms with Gasteiger partial charge in [0, 0.05) is 6.07 Å².